The largest absolute Gasteiger partial charge is 0.321 e. The highest BCUT2D eigenvalue weighted by atomic mass is 32.2. The predicted molar refractivity (Wildman–Crippen MR) is 110 cm³/mol. The summed E-state index contributed by atoms with van der Waals surface area (Å²) >= 11 is 1.35. The highest BCUT2D eigenvalue weighted by Crippen LogP contribution is 2.27. The molecular formula is C19H24N4O3S2. The monoisotopic (exact) mass is 420 g/mol. The van der Waals surface area contributed by atoms with Gasteiger partial charge in [-0.2, -0.15) is 4.31 Å². The molecule has 0 aliphatic carbocycles. The molecule has 1 unspecified atom stereocenters. The standard InChI is InChI=1S/C19H24N4O3S2/c1-3-15-6-4-5-13-23(15)28(25,26)16-9-7-14(8-10-16)21-18(24)17-11-12-20-19(22-17)27-2/h7-12,15H,3-6,13H2,1-2H3,(H,21,24). The van der Waals surface area contributed by atoms with Crippen LogP contribution in [-0.2, 0) is 10.0 Å². The van der Waals surface area contributed by atoms with Gasteiger partial charge in [-0.1, -0.05) is 25.1 Å². The van der Waals surface area contributed by atoms with Crippen LogP contribution in [-0.4, -0.2) is 47.4 Å². The summed E-state index contributed by atoms with van der Waals surface area (Å²) in [7, 11) is -3.53. The van der Waals surface area contributed by atoms with Crippen LogP contribution in [0.4, 0.5) is 5.69 Å². The molecule has 1 aromatic carbocycles. The van der Waals surface area contributed by atoms with E-state index in [0.717, 1.165) is 25.7 Å². The maximum Gasteiger partial charge on any atom is 0.274 e. The first-order valence-corrected chi connectivity index (χ1v) is 11.9. The van der Waals surface area contributed by atoms with E-state index in [1.807, 2.05) is 13.2 Å². The average molecular weight is 421 g/mol. The molecule has 1 aliphatic heterocycles. The number of hydrogen-bond donors (Lipinski definition) is 1. The normalized spacial score (nSPS) is 18.0. The molecule has 0 radical (unpaired) electrons. The number of amides is 1. The summed E-state index contributed by atoms with van der Waals surface area (Å²) in [6.45, 7) is 2.58. The van der Waals surface area contributed by atoms with Crippen LogP contribution in [0, 0.1) is 0 Å². The molecule has 3 rings (SSSR count). The molecule has 1 fully saturated rings. The van der Waals surface area contributed by atoms with Crippen LogP contribution in [0.25, 0.3) is 0 Å². The quantitative estimate of drug-likeness (QED) is 0.569. The van der Waals surface area contributed by atoms with Gasteiger partial charge >= 0.3 is 0 Å². The third kappa shape index (κ3) is 4.53. The van der Waals surface area contributed by atoms with Crippen molar-refractivity contribution in [2.75, 3.05) is 18.1 Å². The van der Waals surface area contributed by atoms with Crippen molar-refractivity contribution in [3.63, 3.8) is 0 Å². The average Bonchev–Trinajstić information content (AvgIpc) is 2.74. The lowest BCUT2D eigenvalue weighted by atomic mass is 10.0. The lowest BCUT2D eigenvalue weighted by molar-refractivity contribution is 0.102. The number of piperidine rings is 1. The van der Waals surface area contributed by atoms with E-state index in [-0.39, 0.29) is 22.5 Å². The van der Waals surface area contributed by atoms with E-state index in [4.69, 9.17) is 0 Å². The van der Waals surface area contributed by atoms with Gasteiger partial charge in [0.25, 0.3) is 5.91 Å². The number of hydrogen-bond acceptors (Lipinski definition) is 6. The van der Waals surface area contributed by atoms with Gasteiger partial charge in [-0.05, 0) is 55.9 Å². The Labute approximate surface area is 170 Å². The molecular weight excluding hydrogens is 396 g/mol. The van der Waals surface area contributed by atoms with Crippen molar-refractivity contribution >= 4 is 33.4 Å². The van der Waals surface area contributed by atoms with Gasteiger partial charge in [0, 0.05) is 24.5 Å². The molecule has 1 N–H and O–H groups in total. The highest BCUT2D eigenvalue weighted by molar-refractivity contribution is 7.98. The van der Waals surface area contributed by atoms with E-state index in [9.17, 15) is 13.2 Å². The topological polar surface area (TPSA) is 92.3 Å². The van der Waals surface area contributed by atoms with Gasteiger partial charge < -0.3 is 5.32 Å². The second-order valence-corrected chi connectivity index (χ2v) is 9.24. The van der Waals surface area contributed by atoms with E-state index < -0.39 is 10.0 Å². The molecule has 150 valence electrons. The molecule has 1 aliphatic rings. The first-order valence-electron chi connectivity index (χ1n) is 9.26. The summed E-state index contributed by atoms with van der Waals surface area (Å²) in [5.74, 6) is -0.365. The van der Waals surface area contributed by atoms with E-state index in [1.165, 1.54) is 24.0 Å². The Bertz CT molecular complexity index is 932. The smallest absolute Gasteiger partial charge is 0.274 e. The highest BCUT2D eigenvalue weighted by Gasteiger charge is 2.32. The minimum absolute atomic E-state index is 0.0570. The van der Waals surface area contributed by atoms with Gasteiger partial charge in [0.2, 0.25) is 10.0 Å². The van der Waals surface area contributed by atoms with Crippen molar-refractivity contribution in [2.45, 2.75) is 48.7 Å². The fraction of sp³-hybridized carbons (Fsp3) is 0.421. The number of sulfonamides is 1. The summed E-state index contributed by atoms with van der Waals surface area (Å²) in [5, 5.41) is 3.26. The molecule has 1 saturated heterocycles. The van der Waals surface area contributed by atoms with E-state index >= 15 is 0 Å². The third-order valence-corrected chi connectivity index (χ3v) is 7.34. The van der Waals surface area contributed by atoms with Crippen molar-refractivity contribution in [1.29, 1.82) is 0 Å². The maximum absolute atomic E-state index is 13.0. The van der Waals surface area contributed by atoms with Crippen LogP contribution < -0.4 is 5.32 Å². The van der Waals surface area contributed by atoms with E-state index in [0.29, 0.717) is 17.4 Å². The number of carbonyl (C=O) groups excluding carboxylic acids is 1. The lowest BCUT2D eigenvalue weighted by Gasteiger charge is -2.34. The molecule has 2 heterocycles. The number of nitrogens with zero attached hydrogens (tertiary/aromatic N) is 3. The fourth-order valence-electron chi connectivity index (χ4n) is 3.30. The Kier molecular flexibility index (Phi) is 6.69. The minimum Gasteiger partial charge on any atom is -0.321 e. The zero-order valence-corrected chi connectivity index (χ0v) is 17.6. The summed E-state index contributed by atoms with van der Waals surface area (Å²) in [6.07, 6.45) is 7.04. The van der Waals surface area contributed by atoms with E-state index in [1.54, 1.807) is 28.6 Å². The first kappa shape index (κ1) is 20.8. The van der Waals surface area contributed by atoms with Crippen LogP contribution in [0.3, 0.4) is 0 Å². The van der Waals surface area contributed by atoms with E-state index in [2.05, 4.69) is 15.3 Å². The second kappa shape index (κ2) is 9.02. The van der Waals surface area contributed by atoms with Gasteiger partial charge in [0.05, 0.1) is 4.90 Å². The lowest BCUT2D eigenvalue weighted by Crippen LogP contribution is -2.43. The number of nitrogens with one attached hydrogen (secondary N) is 1. The summed E-state index contributed by atoms with van der Waals surface area (Å²) < 4.78 is 27.6. The van der Waals surface area contributed by atoms with Crippen LogP contribution in [0.1, 0.15) is 43.1 Å². The van der Waals surface area contributed by atoms with Gasteiger partial charge in [-0.15, -0.1) is 0 Å². The number of aromatic nitrogens is 2. The van der Waals surface area contributed by atoms with Crippen molar-refractivity contribution < 1.29 is 13.2 Å². The zero-order valence-electron chi connectivity index (χ0n) is 16.0. The van der Waals surface area contributed by atoms with Crippen molar-refractivity contribution in [1.82, 2.24) is 14.3 Å². The van der Waals surface area contributed by atoms with Gasteiger partial charge in [0.15, 0.2) is 5.16 Å². The fourth-order valence-corrected chi connectivity index (χ4v) is 5.43. The third-order valence-electron chi connectivity index (χ3n) is 4.81. The van der Waals surface area contributed by atoms with Crippen molar-refractivity contribution in [3.05, 3.63) is 42.2 Å². The molecule has 0 spiro atoms. The van der Waals surface area contributed by atoms with Gasteiger partial charge in [-0.3, -0.25) is 4.79 Å². The van der Waals surface area contributed by atoms with Gasteiger partial charge in [0.1, 0.15) is 5.69 Å². The molecule has 28 heavy (non-hydrogen) atoms. The number of carbonyl (C=O) groups is 1. The minimum atomic E-state index is -3.53. The Morgan fingerprint density at radius 3 is 2.68 bits per heavy atom. The van der Waals surface area contributed by atoms with Gasteiger partial charge in [-0.25, -0.2) is 18.4 Å². The Balaban J connectivity index is 1.74. The molecule has 2 aromatic rings. The molecule has 0 bridgehead atoms. The number of rotatable bonds is 6. The van der Waals surface area contributed by atoms with Crippen molar-refractivity contribution in [3.8, 4) is 0 Å². The first-order chi connectivity index (χ1) is 13.5. The predicted octanol–water partition coefficient (Wildman–Crippen LogP) is 3.40. The Morgan fingerprint density at radius 2 is 2.00 bits per heavy atom. The van der Waals surface area contributed by atoms with Crippen LogP contribution >= 0.6 is 11.8 Å². The van der Waals surface area contributed by atoms with Crippen LogP contribution in [0.2, 0.25) is 0 Å². The van der Waals surface area contributed by atoms with Crippen LogP contribution in [0.15, 0.2) is 46.6 Å². The number of benzene rings is 1. The summed E-state index contributed by atoms with van der Waals surface area (Å²) in [4.78, 5) is 20.8. The molecule has 1 aromatic heterocycles. The molecule has 9 heteroatoms. The van der Waals surface area contributed by atoms with Crippen molar-refractivity contribution in [2.24, 2.45) is 0 Å². The summed E-state index contributed by atoms with van der Waals surface area (Å²) in [5.41, 5.74) is 0.772. The zero-order chi connectivity index (χ0) is 20.1. The maximum atomic E-state index is 13.0. The SMILES string of the molecule is CCC1CCCCN1S(=O)(=O)c1ccc(NC(=O)c2ccnc(SC)n2)cc1. The Hall–Kier alpha value is -1.97. The number of thioether (sulfide) groups is 1. The summed E-state index contributed by atoms with van der Waals surface area (Å²) in [6, 6.07) is 7.88. The molecule has 1 amide bonds. The Morgan fingerprint density at radius 1 is 1.25 bits per heavy atom. The number of anilines is 1. The molecule has 0 saturated carbocycles. The molecule has 7 nitrogen and oxygen atoms in total. The second-order valence-electron chi connectivity index (χ2n) is 6.58. The molecule has 1 atom stereocenters. The van der Waals surface area contributed by atoms with Crippen LogP contribution in [0.5, 0.6) is 0 Å².